The van der Waals surface area contributed by atoms with E-state index < -0.39 is 15.8 Å². The Labute approximate surface area is 207 Å². The SMILES string of the molecule is C=CC(=O)OCCCCCCS(=O)(=O)c1ccc(/N=N/c2ccc(SC[C@H](C)CC)cc2)cc1. The minimum absolute atomic E-state index is 0.0850. The lowest BCUT2D eigenvalue weighted by molar-refractivity contribution is -0.137. The highest BCUT2D eigenvalue weighted by atomic mass is 32.2. The van der Waals surface area contributed by atoms with Gasteiger partial charge >= 0.3 is 5.97 Å². The van der Waals surface area contributed by atoms with Crippen molar-refractivity contribution in [2.45, 2.75) is 55.7 Å². The third kappa shape index (κ3) is 10.2. The van der Waals surface area contributed by atoms with Crippen molar-refractivity contribution in [3.63, 3.8) is 0 Å². The van der Waals surface area contributed by atoms with Gasteiger partial charge in [-0.25, -0.2) is 13.2 Å². The van der Waals surface area contributed by atoms with E-state index >= 15 is 0 Å². The Balaban J connectivity index is 1.79. The van der Waals surface area contributed by atoms with Gasteiger partial charge < -0.3 is 4.74 Å². The van der Waals surface area contributed by atoms with Gasteiger partial charge in [0.15, 0.2) is 9.84 Å². The third-order valence-electron chi connectivity index (χ3n) is 5.26. The number of nitrogens with zero attached hydrogens (tertiary/aromatic N) is 2. The quantitative estimate of drug-likeness (QED) is 0.0838. The smallest absolute Gasteiger partial charge is 0.330 e. The van der Waals surface area contributed by atoms with Crippen molar-refractivity contribution in [1.29, 1.82) is 0 Å². The van der Waals surface area contributed by atoms with Crippen LogP contribution in [0.3, 0.4) is 0 Å². The van der Waals surface area contributed by atoms with E-state index in [2.05, 4.69) is 30.7 Å². The first-order chi connectivity index (χ1) is 16.3. The molecule has 0 unspecified atom stereocenters. The lowest BCUT2D eigenvalue weighted by Crippen LogP contribution is -2.07. The second-order valence-corrected chi connectivity index (χ2v) is 11.3. The molecule has 2 rings (SSSR count). The zero-order valence-electron chi connectivity index (χ0n) is 20.0. The van der Waals surface area contributed by atoms with Crippen LogP contribution in [0.4, 0.5) is 11.4 Å². The van der Waals surface area contributed by atoms with Gasteiger partial charge in [0.25, 0.3) is 0 Å². The molecule has 0 bridgehead atoms. The Morgan fingerprint density at radius 3 is 2.18 bits per heavy atom. The molecule has 0 heterocycles. The molecule has 0 aliphatic carbocycles. The lowest BCUT2D eigenvalue weighted by atomic mass is 10.2. The number of azo groups is 1. The minimum atomic E-state index is -3.35. The molecule has 2 aromatic carbocycles. The second kappa shape index (κ2) is 14.7. The second-order valence-electron chi connectivity index (χ2n) is 8.12. The van der Waals surface area contributed by atoms with Gasteiger partial charge in [-0.3, -0.25) is 0 Å². The normalized spacial score (nSPS) is 12.5. The fourth-order valence-corrected chi connectivity index (χ4v) is 5.31. The summed E-state index contributed by atoms with van der Waals surface area (Å²) < 4.78 is 30.0. The molecule has 184 valence electrons. The predicted octanol–water partition coefficient (Wildman–Crippen LogP) is 7.30. The van der Waals surface area contributed by atoms with Gasteiger partial charge in [-0.15, -0.1) is 11.8 Å². The summed E-state index contributed by atoms with van der Waals surface area (Å²) in [6.07, 6.45) is 5.13. The number of thioether (sulfide) groups is 1. The standard InChI is InChI=1S/C26H34N2O4S2/c1-4-21(3)20-33-24-14-10-22(11-15-24)27-28-23-12-16-25(17-13-23)34(30,31)19-9-7-6-8-18-32-26(29)5-2/h5,10-17,21H,2,4,6-9,18-20H2,1,3H3/b28-27+/t21-/m1/s1. The van der Waals surface area contributed by atoms with Crippen molar-refractivity contribution < 1.29 is 17.9 Å². The number of sulfone groups is 1. The molecule has 0 radical (unpaired) electrons. The van der Waals surface area contributed by atoms with Crippen molar-refractivity contribution >= 4 is 38.9 Å². The number of rotatable bonds is 15. The summed E-state index contributed by atoms with van der Waals surface area (Å²) in [5.41, 5.74) is 1.35. The molecular weight excluding hydrogens is 468 g/mol. The maximum Gasteiger partial charge on any atom is 0.330 e. The van der Waals surface area contributed by atoms with Crippen LogP contribution in [0, 0.1) is 5.92 Å². The molecule has 8 heteroatoms. The molecule has 34 heavy (non-hydrogen) atoms. The summed E-state index contributed by atoms with van der Waals surface area (Å²) in [7, 11) is -3.35. The summed E-state index contributed by atoms with van der Waals surface area (Å²) in [4.78, 5) is 12.5. The van der Waals surface area contributed by atoms with Crippen molar-refractivity contribution in [2.75, 3.05) is 18.1 Å². The molecule has 6 nitrogen and oxygen atoms in total. The van der Waals surface area contributed by atoms with E-state index in [0.29, 0.717) is 31.1 Å². The highest BCUT2D eigenvalue weighted by Crippen LogP contribution is 2.26. The molecule has 0 saturated carbocycles. The van der Waals surface area contributed by atoms with Gasteiger partial charge in [-0.05, 0) is 67.3 Å². The van der Waals surface area contributed by atoms with Crippen LogP contribution in [0.15, 0.2) is 81.2 Å². The van der Waals surface area contributed by atoms with Gasteiger partial charge in [-0.1, -0.05) is 39.7 Å². The fraction of sp³-hybridized carbons (Fsp3) is 0.423. The van der Waals surface area contributed by atoms with E-state index in [-0.39, 0.29) is 10.6 Å². The summed E-state index contributed by atoms with van der Waals surface area (Å²) in [5.74, 6) is 1.44. The molecule has 1 atom stereocenters. The first-order valence-corrected chi connectivity index (χ1v) is 14.2. The van der Waals surface area contributed by atoms with Crippen LogP contribution in [0.2, 0.25) is 0 Å². The summed E-state index contributed by atoms with van der Waals surface area (Å²) in [6, 6.07) is 14.5. The van der Waals surface area contributed by atoms with Gasteiger partial charge in [0.2, 0.25) is 0 Å². The number of esters is 1. The highest BCUT2D eigenvalue weighted by molar-refractivity contribution is 7.99. The molecule has 0 N–H and O–H groups in total. The van der Waals surface area contributed by atoms with E-state index in [1.54, 1.807) is 24.3 Å². The van der Waals surface area contributed by atoms with Crippen LogP contribution in [0.5, 0.6) is 0 Å². The van der Waals surface area contributed by atoms with Crippen molar-refractivity contribution in [2.24, 2.45) is 16.1 Å². The average molecular weight is 503 g/mol. The monoisotopic (exact) mass is 502 g/mol. The topological polar surface area (TPSA) is 85.2 Å². The van der Waals surface area contributed by atoms with Crippen molar-refractivity contribution in [3.05, 3.63) is 61.2 Å². The molecule has 0 amide bonds. The van der Waals surface area contributed by atoms with E-state index in [1.165, 1.54) is 11.3 Å². The highest BCUT2D eigenvalue weighted by Gasteiger charge is 2.13. The first kappa shape index (κ1) is 27.8. The average Bonchev–Trinajstić information content (AvgIpc) is 2.86. The van der Waals surface area contributed by atoms with E-state index in [0.717, 1.165) is 30.4 Å². The number of carbonyl (C=O) groups excluding carboxylic acids is 1. The fourth-order valence-electron chi connectivity index (χ4n) is 2.90. The van der Waals surface area contributed by atoms with E-state index in [4.69, 9.17) is 4.74 Å². The number of benzene rings is 2. The van der Waals surface area contributed by atoms with Gasteiger partial charge in [0.1, 0.15) is 0 Å². The Morgan fingerprint density at radius 2 is 1.59 bits per heavy atom. The van der Waals surface area contributed by atoms with Crippen LogP contribution in [-0.2, 0) is 19.4 Å². The molecular formula is C26H34N2O4S2. The van der Waals surface area contributed by atoms with Crippen LogP contribution < -0.4 is 0 Å². The molecule has 0 aromatic heterocycles. The van der Waals surface area contributed by atoms with Crippen LogP contribution >= 0.6 is 11.8 Å². The number of unbranched alkanes of at least 4 members (excludes halogenated alkanes) is 3. The summed E-state index contributed by atoms with van der Waals surface area (Å²) >= 11 is 1.84. The lowest BCUT2D eigenvalue weighted by Gasteiger charge is -2.07. The third-order valence-corrected chi connectivity index (χ3v) is 8.42. The Kier molecular flexibility index (Phi) is 12.0. The van der Waals surface area contributed by atoms with E-state index in [9.17, 15) is 13.2 Å². The maximum absolute atomic E-state index is 12.5. The van der Waals surface area contributed by atoms with Crippen LogP contribution in [0.25, 0.3) is 0 Å². The molecule has 0 spiro atoms. The predicted molar refractivity (Wildman–Crippen MR) is 139 cm³/mol. The maximum atomic E-state index is 12.5. The van der Waals surface area contributed by atoms with E-state index in [1.807, 2.05) is 36.0 Å². The Morgan fingerprint density at radius 1 is 1.00 bits per heavy atom. The van der Waals surface area contributed by atoms with Crippen LogP contribution in [0.1, 0.15) is 46.0 Å². The number of hydrogen-bond donors (Lipinski definition) is 0. The minimum Gasteiger partial charge on any atom is -0.463 e. The molecule has 0 aliphatic rings. The molecule has 0 fully saturated rings. The largest absolute Gasteiger partial charge is 0.463 e. The zero-order valence-corrected chi connectivity index (χ0v) is 21.6. The summed E-state index contributed by atoms with van der Waals surface area (Å²) in [6.45, 7) is 8.12. The van der Waals surface area contributed by atoms with Crippen molar-refractivity contribution in [1.82, 2.24) is 0 Å². The number of carbonyl (C=O) groups is 1. The first-order valence-electron chi connectivity index (χ1n) is 11.6. The van der Waals surface area contributed by atoms with Gasteiger partial charge in [0, 0.05) is 16.7 Å². The number of ether oxygens (including phenoxy) is 1. The molecule has 0 aliphatic heterocycles. The Hall–Kier alpha value is -2.45. The number of hydrogen-bond acceptors (Lipinski definition) is 7. The molecule has 0 saturated heterocycles. The zero-order chi connectivity index (χ0) is 24.8. The van der Waals surface area contributed by atoms with Gasteiger partial charge in [0.05, 0.1) is 28.6 Å². The van der Waals surface area contributed by atoms with Crippen molar-refractivity contribution in [3.8, 4) is 0 Å². The molecule has 2 aromatic rings. The summed E-state index contributed by atoms with van der Waals surface area (Å²) in [5, 5.41) is 8.47. The van der Waals surface area contributed by atoms with Gasteiger partial charge in [-0.2, -0.15) is 10.2 Å². The van der Waals surface area contributed by atoms with Crippen LogP contribution in [-0.4, -0.2) is 32.5 Å². The Bertz CT molecular complexity index is 1030.